The number of aliphatic hydroxyl groups is 2. The third-order valence-corrected chi connectivity index (χ3v) is 3.44. The van der Waals surface area contributed by atoms with Crippen LogP contribution in [0.2, 0.25) is 0 Å². The van der Waals surface area contributed by atoms with Gasteiger partial charge in [0.25, 0.3) is 0 Å². The Kier molecular flexibility index (Phi) is 1.68. The van der Waals surface area contributed by atoms with Gasteiger partial charge in [0.05, 0.1) is 6.61 Å². The first-order valence-corrected chi connectivity index (χ1v) is 4.37. The fraction of sp³-hybridized carbons (Fsp3) is 0.778. The minimum absolute atomic E-state index is 0.532. The second-order valence-electron chi connectivity index (χ2n) is 4.06. The van der Waals surface area contributed by atoms with E-state index in [9.17, 15) is 13.9 Å². The summed E-state index contributed by atoms with van der Waals surface area (Å²) in [5, 5.41) is 18.7. The molecule has 3 nitrogen and oxygen atoms in total. The Labute approximate surface area is 80.0 Å². The van der Waals surface area contributed by atoms with Crippen molar-refractivity contribution in [2.45, 2.75) is 37.1 Å². The predicted octanol–water partition coefficient (Wildman–Crippen LogP) is 0.462. The van der Waals surface area contributed by atoms with Crippen LogP contribution in [0.5, 0.6) is 0 Å². The number of hydrogen-bond donors (Lipinski definition) is 2. The standard InChI is InChI=1S/C9H12F2O3/c1-5-3-6-9(10,11)8(13,4-12)7(5,2)14-6/h3,6,12-13H,4H2,1-2H3/t6-,7+,8-/m1/s1. The number of aliphatic hydroxyl groups excluding tert-OH is 1. The maximum Gasteiger partial charge on any atom is 0.310 e. The molecule has 0 amide bonds. The SMILES string of the molecule is CC1=C[C@H]2O[C@]1(C)[C@](O)(CO)C2(F)F. The summed E-state index contributed by atoms with van der Waals surface area (Å²) in [6, 6.07) is 0. The molecule has 2 aliphatic rings. The largest absolute Gasteiger partial charge is 0.393 e. The highest BCUT2D eigenvalue weighted by Gasteiger charge is 2.76. The maximum atomic E-state index is 13.5. The fourth-order valence-corrected chi connectivity index (χ4v) is 2.18. The van der Waals surface area contributed by atoms with Crippen molar-refractivity contribution in [3.05, 3.63) is 11.6 Å². The second kappa shape index (κ2) is 2.35. The Morgan fingerprint density at radius 3 is 2.50 bits per heavy atom. The van der Waals surface area contributed by atoms with Crippen LogP contribution in [0.15, 0.2) is 11.6 Å². The molecule has 1 saturated heterocycles. The van der Waals surface area contributed by atoms with Gasteiger partial charge in [-0.1, -0.05) is 0 Å². The normalized spacial score (nSPS) is 49.6. The molecule has 2 aliphatic heterocycles. The van der Waals surface area contributed by atoms with Crippen molar-refractivity contribution in [3.63, 3.8) is 0 Å². The minimum atomic E-state index is -3.43. The van der Waals surface area contributed by atoms with Crippen molar-refractivity contribution in [1.29, 1.82) is 0 Å². The average Bonchev–Trinajstić information content (AvgIpc) is 2.48. The fourth-order valence-electron chi connectivity index (χ4n) is 2.18. The Bertz CT molecular complexity index is 315. The van der Waals surface area contributed by atoms with Gasteiger partial charge in [0.15, 0.2) is 5.60 Å². The third kappa shape index (κ3) is 0.733. The van der Waals surface area contributed by atoms with Gasteiger partial charge in [0, 0.05) is 0 Å². The van der Waals surface area contributed by atoms with Gasteiger partial charge in [0.2, 0.25) is 0 Å². The van der Waals surface area contributed by atoms with Gasteiger partial charge in [-0.25, -0.2) is 0 Å². The summed E-state index contributed by atoms with van der Waals surface area (Å²) in [6.45, 7) is 1.96. The molecule has 14 heavy (non-hydrogen) atoms. The van der Waals surface area contributed by atoms with Gasteiger partial charge < -0.3 is 14.9 Å². The Balaban J connectivity index is 2.58. The van der Waals surface area contributed by atoms with Crippen LogP contribution >= 0.6 is 0 Å². The molecule has 2 bridgehead atoms. The van der Waals surface area contributed by atoms with Crippen molar-refractivity contribution < 1.29 is 23.7 Å². The summed E-state index contributed by atoms with van der Waals surface area (Å²) in [6.07, 6.45) is -0.130. The zero-order valence-corrected chi connectivity index (χ0v) is 7.92. The molecule has 0 aliphatic carbocycles. The summed E-state index contributed by atoms with van der Waals surface area (Å²) in [5.41, 5.74) is -3.45. The van der Waals surface area contributed by atoms with E-state index in [0.717, 1.165) is 0 Å². The Hall–Kier alpha value is -0.520. The van der Waals surface area contributed by atoms with Crippen LogP contribution < -0.4 is 0 Å². The number of halogens is 2. The van der Waals surface area contributed by atoms with Crippen molar-refractivity contribution >= 4 is 0 Å². The third-order valence-electron chi connectivity index (χ3n) is 3.44. The molecular formula is C9H12F2O3. The molecular weight excluding hydrogens is 194 g/mol. The highest BCUT2D eigenvalue weighted by molar-refractivity contribution is 5.38. The topological polar surface area (TPSA) is 49.7 Å². The molecule has 2 heterocycles. The minimum Gasteiger partial charge on any atom is -0.393 e. The highest BCUT2D eigenvalue weighted by Crippen LogP contribution is 2.57. The zero-order valence-electron chi connectivity index (χ0n) is 7.92. The van der Waals surface area contributed by atoms with Gasteiger partial charge in [-0.3, -0.25) is 0 Å². The van der Waals surface area contributed by atoms with E-state index in [1.54, 1.807) is 6.92 Å². The maximum absolute atomic E-state index is 13.5. The molecule has 1 fully saturated rings. The van der Waals surface area contributed by atoms with Crippen LogP contribution in [0.1, 0.15) is 13.8 Å². The van der Waals surface area contributed by atoms with Crippen LogP contribution in [0.3, 0.4) is 0 Å². The van der Waals surface area contributed by atoms with Crippen LogP contribution in [0.25, 0.3) is 0 Å². The summed E-state index contributed by atoms with van der Waals surface area (Å²) >= 11 is 0. The average molecular weight is 206 g/mol. The lowest BCUT2D eigenvalue weighted by atomic mass is 9.73. The van der Waals surface area contributed by atoms with Crippen molar-refractivity contribution in [2.24, 2.45) is 0 Å². The molecule has 2 rings (SSSR count). The quantitative estimate of drug-likeness (QED) is 0.613. The Morgan fingerprint density at radius 1 is 1.57 bits per heavy atom. The van der Waals surface area contributed by atoms with Gasteiger partial charge in [-0.05, 0) is 25.5 Å². The molecule has 0 saturated carbocycles. The first-order valence-electron chi connectivity index (χ1n) is 4.37. The highest BCUT2D eigenvalue weighted by atomic mass is 19.3. The molecule has 80 valence electrons. The van der Waals surface area contributed by atoms with Gasteiger partial charge >= 0.3 is 5.92 Å². The lowest BCUT2D eigenvalue weighted by Gasteiger charge is -2.40. The van der Waals surface area contributed by atoms with Crippen molar-refractivity contribution in [1.82, 2.24) is 0 Å². The molecule has 3 atom stereocenters. The Morgan fingerprint density at radius 2 is 2.14 bits per heavy atom. The summed E-state index contributed by atoms with van der Waals surface area (Å²) in [5.74, 6) is -3.43. The monoisotopic (exact) mass is 206 g/mol. The molecule has 0 aromatic carbocycles. The van der Waals surface area contributed by atoms with Crippen LogP contribution in [0.4, 0.5) is 8.78 Å². The molecule has 0 aromatic heterocycles. The summed E-state index contributed by atoms with van der Waals surface area (Å²) in [4.78, 5) is 0. The summed E-state index contributed by atoms with van der Waals surface area (Å²) in [7, 11) is 0. The van der Waals surface area contributed by atoms with Gasteiger partial charge in [0.1, 0.15) is 11.7 Å². The van der Waals surface area contributed by atoms with E-state index in [-0.39, 0.29) is 0 Å². The van der Waals surface area contributed by atoms with Crippen LogP contribution in [0, 0.1) is 0 Å². The van der Waals surface area contributed by atoms with E-state index in [0.29, 0.717) is 5.57 Å². The van der Waals surface area contributed by atoms with Crippen molar-refractivity contribution in [2.75, 3.05) is 6.61 Å². The van der Waals surface area contributed by atoms with Crippen LogP contribution in [-0.4, -0.2) is 40.0 Å². The molecule has 0 unspecified atom stereocenters. The van der Waals surface area contributed by atoms with Crippen LogP contribution in [-0.2, 0) is 4.74 Å². The lowest BCUT2D eigenvalue weighted by Crippen LogP contribution is -2.63. The number of alkyl halides is 2. The molecule has 0 aromatic rings. The first-order chi connectivity index (χ1) is 6.29. The van der Waals surface area contributed by atoms with E-state index < -0.39 is 29.8 Å². The molecule has 2 N–H and O–H groups in total. The molecule has 5 heteroatoms. The predicted molar refractivity (Wildman–Crippen MR) is 44.0 cm³/mol. The smallest absolute Gasteiger partial charge is 0.310 e. The molecule has 0 spiro atoms. The first kappa shape index (κ1) is 10.0. The number of ether oxygens (including phenoxy) is 1. The second-order valence-corrected chi connectivity index (χ2v) is 4.06. The van der Waals surface area contributed by atoms with Crippen molar-refractivity contribution in [3.8, 4) is 0 Å². The lowest BCUT2D eigenvalue weighted by molar-refractivity contribution is -0.200. The van der Waals surface area contributed by atoms with E-state index in [4.69, 9.17) is 9.84 Å². The van der Waals surface area contributed by atoms with Gasteiger partial charge in [-0.2, -0.15) is 8.78 Å². The number of hydrogen-bond acceptors (Lipinski definition) is 3. The van der Waals surface area contributed by atoms with E-state index in [1.807, 2.05) is 0 Å². The van der Waals surface area contributed by atoms with Gasteiger partial charge in [-0.15, -0.1) is 0 Å². The number of fused-ring (bicyclic) bond motifs is 2. The molecule has 0 radical (unpaired) electrons. The van der Waals surface area contributed by atoms with E-state index >= 15 is 0 Å². The van der Waals surface area contributed by atoms with E-state index in [2.05, 4.69) is 0 Å². The zero-order chi connectivity index (χ0) is 10.8. The number of rotatable bonds is 1. The summed E-state index contributed by atoms with van der Waals surface area (Å²) < 4.78 is 32.1. The van der Waals surface area contributed by atoms with E-state index in [1.165, 1.54) is 13.0 Å².